The monoisotopic (exact) mass is 324 g/mol. The molecule has 1 fully saturated rings. The van der Waals surface area contributed by atoms with E-state index in [1.807, 2.05) is 62.5 Å². The van der Waals surface area contributed by atoms with E-state index in [0.29, 0.717) is 26.2 Å². The van der Waals surface area contributed by atoms with Crippen molar-refractivity contribution in [2.75, 3.05) is 33.8 Å². The summed E-state index contributed by atoms with van der Waals surface area (Å²) in [5.74, 6) is -0.508. The maximum atomic E-state index is 12.6. The molecule has 1 aromatic heterocycles. The molecule has 130 valence electrons. The first-order valence-electron chi connectivity index (χ1n) is 7.90. The summed E-state index contributed by atoms with van der Waals surface area (Å²) in [5, 5.41) is 4.35. The van der Waals surface area contributed by atoms with Crippen molar-refractivity contribution in [3.8, 4) is 0 Å². The lowest BCUT2D eigenvalue weighted by molar-refractivity contribution is -0.147. The van der Waals surface area contributed by atoms with E-state index in [1.165, 1.54) is 0 Å². The Kier molecular flexibility index (Phi) is 5.44. The Morgan fingerprint density at radius 1 is 1.48 bits per heavy atom. The first-order valence-corrected chi connectivity index (χ1v) is 7.90. The first-order chi connectivity index (χ1) is 10.7. The van der Waals surface area contributed by atoms with E-state index < -0.39 is 5.79 Å². The number of rotatable bonds is 6. The molecule has 23 heavy (non-hydrogen) atoms. The summed E-state index contributed by atoms with van der Waals surface area (Å²) in [6.45, 7) is 7.64. The maximum Gasteiger partial charge on any atom is 0.237 e. The van der Waals surface area contributed by atoms with Gasteiger partial charge >= 0.3 is 0 Å². The Morgan fingerprint density at radius 3 is 2.65 bits per heavy atom. The zero-order valence-corrected chi connectivity index (χ0v) is 15.0. The number of ether oxygens (including phenoxy) is 2. The number of carbonyl (C=O) groups is 1. The van der Waals surface area contributed by atoms with Crippen LogP contribution in [0.25, 0.3) is 0 Å². The molecule has 0 bridgehead atoms. The van der Waals surface area contributed by atoms with Gasteiger partial charge in [-0.3, -0.25) is 9.48 Å². The highest BCUT2D eigenvalue weighted by atomic mass is 16.7. The van der Waals surface area contributed by atoms with Gasteiger partial charge in [-0.1, -0.05) is 0 Å². The number of likely N-dealkylation sites (N-methyl/N-ethyl adjacent to an activating group) is 1. The van der Waals surface area contributed by atoms with Gasteiger partial charge in [-0.15, -0.1) is 0 Å². The number of aromatic nitrogens is 2. The average Bonchev–Trinajstić information content (AvgIpc) is 2.90. The second kappa shape index (κ2) is 6.98. The van der Waals surface area contributed by atoms with Gasteiger partial charge in [0.05, 0.1) is 31.1 Å². The number of aryl methyl sites for hydroxylation is 2. The number of amides is 1. The van der Waals surface area contributed by atoms with E-state index in [9.17, 15) is 4.79 Å². The molecule has 2 rings (SSSR count). The fraction of sp³-hybridized carbons (Fsp3) is 0.750. The molecular formula is C16H28N4O3. The Balaban J connectivity index is 2.08. The van der Waals surface area contributed by atoms with Crippen LogP contribution in [-0.4, -0.2) is 71.2 Å². The lowest BCUT2D eigenvalue weighted by Crippen LogP contribution is -2.42. The van der Waals surface area contributed by atoms with Crippen molar-refractivity contribution < 1.29 is 14.3 Å². The van der Waals surface area contributed by atoms with Crippen molar-refractivity contribution in [3.63, 3.8) is 0 Å². The van der Waals surface area contributed by atoms with Crippen molar-refractivity contribution in [1.29, 1.82) is 0 Å². The van der Waals surface area contributed by atoms with Gasteiger partial charge in [-0.05, 0) is 40.9 Å². The standard InChI is InChI=1S/C16H28N4O3/c1-12-7-13(19(6)17-12)8-20(15(21)10-18(4)5)9-14-11-22-16(2,3)23-14/h7,14H,8-11H2,1-6H3/t14-/m0/s1. The molecule has 7 nitrogen and oxygen atoms in total. The van der Waals surface area contributed by atoms with Crippen molar-refractivity contribution in [3.05, 3.63) is 17.5 Å². The molecule has 0 radical (unpaired) electrons. The molecule has 2 heterocycles. The summed E-state index contributed by atoms with van der Waals surface area (Å²) in [5.41, 5.74) is 1.96. The van der Waals surface area contributed by atoms with Gasteiger partial charge < -0.3 is 19.3 Å². The quantitative estimate of drug-likeness (QED) is 0.773. The predicted octanol–water partition coefficient (Wildman–Crippen LogP) is 0.770. The van der Waals surface area contributed by atoms with Crippen LogP contribution in [0.15, 0.2) is 6.07 Å². The number of nitrogens with zero attached hydrogens (tertiary/aromatic N) is 4. The lowest BCUT2D eigenvalue weighted by Gasteiger charge is -2.27. The molecule has 7 heteroatoms. The third-order valence-corrected chi connectivity index (χ3v) is 3.75. The predicted molar refractivity (Wildman–Crippen MR) is 86.8 cm³/mol. The van der Waals surface area contributed by atoms with Gasteiger partial charge in [0.1, 0.15) is 6.10 Å². The summed E-state index contributed by atoms with van der Waals surface area (Å²) >= 11 is 0. The van der Waals surface area contributed by atoms with Crippen molar-refractivity contribution in [1.82, 2.24) is 19.6 Å². The van der Waals surface area contributed by atoms with E-state index in [4.69, 9.17) is 9.47 Å². The Bertz CT molecular complexity index is 554. The molecule has 1 aliphatic heterocycles. The van der Waals surface area contributed by atoms with Crippen molar-refractivity contribution in [2.24, 2.45) is 7.05 Å². The number of hydrogen-bond donors (Lipinski definition) is 0. The summed E-state index contributed by atoms with van der Waals surface area (Å²) in [6, 6.07) is 2.01. The number of hydrogen-bond acceptors (Lipinski definition) is 5. The van der Waals surface area contributed by atoms with E-state index in [-0.39, 0.29) is 12.0 Å². The van der Waals surface area contributed by atoms with Crippen LogP contribution < -0.4 is 0 Å². The fourth-order valence-electron chi connectivity index (χ4n) is 2.73. The maximum absolute atomic E-state index is 12.6. The van der Waals surface area contributed by atoms with Gasteiger partial charge in [-0.2, -0.15) is 5.10 Å². The number of carbonyl (C=O) groups excluding carboxylic acids is 1. The van der Waals surface area contributed by atoms with Gasteiger partial charge in [0, 0.05) is 13.6 Å². The molecule has 0 unspecified atom stereocenters. The molecule has 0 spiro atoms. The van der Waals surface area contributed by atoms with E-state index in [0.717, 1.165) is 11.4 Å². The van der Waals surface area contributed by atoms with Crippen molar-refractivity contribution in [2.45, 2.75) is 39.2 Å². The summed E-state index contributed by atoms with van der Waals surface area (Å²) in [7, 11) is 5.68. The van der Waals surface area contributed by atoms with Crippen molar-refractivity contribution >= 4 is 5.91 Å². The molecule has 1 aromatic rings. The first kappa shape index (κ1) is 17.9. The van der Waals surface area contributed by atoms with Crippen LogP contribution in [0.4, 0.5) is 0 Å². The Labute approximate surface area is 138 Å². The molecule has 0 aromatic carbocycles. The van der Waals surface area contributed by atoms with Crippen LogP contribution in [0.2, 0.25) is 0 Å². The topological polar surface area (TPSA) is 59.8 Å². The second-order valence-electron chi connectivity index (χ2n) is 6.86. The lowest BCUT2D eigenvalue weighted by atomic mass is 10.2. The molecule has 1 atom stereocenters. The average molecular weight is 324 g/mol. The van der Waals surface area contributed by atoms with Gasteiger partial charge in [-0.25, -0.2) is 0 Å². The third kappa shape index (κ3) is 5.02. The van der Waals surface area contributed by atoms with Gasteiger partial charge in [0.15, 0.2) is 5.79 Å². The zero-order chi connectivity index (χ0) is 17.2. The minimum absolute atomic E-state index is 0.0714. The smallest absolute Gasteiger partial charge is 0.237 e. The molecule has 1 saturated heterocycles. The van der Waals surface area contributed by atoms with E-state index >= 15 is 0 Å². The highest BCUT2D eigenvalue weighted by molar-refractivity contribution is 5.78. The van der Waals surface area contributed by atoms with Crippen LogP contribution in [0.3, 0.4) is 0 Å². The van der Waals surface area contributed by atoms with E-state index in [2.05, 4.69) is 5.10 Å². The molecular weight excluding hydrogens is 296 g/mol. The van der Waals surface area contributed by atoms with Crippen LogP contribution >= 0.6 is 0 Å². The normalized spacial score (nSPS) is 20.2. The van der Waals surface area contributed by atoms with Crippen LogP contribution in [-0.2, 0) is 27.9 Å². The molecule has 0 saturated carbocycles. The summed E-state index contributed by atoms with van der Waals surface area (Å²) in [4.78, 5) is 16.3. The second-order valence-corrected chi connectivity index (χ2v) is 6.86. The third-order valence-electron chi connectivity index (χ3n) is 3.75. The Hall–Kier alpha value is -1.44. The summed E-state index contributed by atoms with van der Waals surface area (Å²) in [6.07, 6.45) is -0.106. The largest absolute Gasteiger partial charge is 0.348 e. The minimum atomic E-state index is -0.579. The Morgan fingerprint density at radius 2 is 2.17 bits per heavy atom. The summed E-state index contributed by atoms with van der Waals surface area (Å²) < 4.78 is 13.3. The van der Waals surface area contributed by atoms with Gasteiger partial charge in [0.2, 0.25) is 5.91 Å². The highest BCUT2D eigenvalue weighted by Crippen LogP contribution is 2.23. The van der Waals surface area contributed by atoms with E-state index in [1.54, 1.807) is 0 Å². The SMILES string of the molecule is Cc1cc(CN(C[C@H]2COC(C)(C)O2)C(=O)CN(C)C)n(C)n1. The molecule has 1 aliphatic rings. The highest BCUT2D eigenvalue weighted by Gasteiger charge is 2.34. The molecule has 0 aliphatic carbocycles. The van der Waals surface area contributed by atoms with Crippen LogP contribution in [0.5, 0.6) is 0 Å². The molecule has 1 amide bonds. The molecule has 0 N–H and O–H groups in total. The minimum Gasteiger partial charge on any atom is -0.348 e. The van der Waals surface area contributed by atoms with Gasteiger partial charge in [0.25, 0.3) is 0 Å². The fourth-order valence-corrected chi connectivity index (χ4v) is 2.73. The van der Waals surface area contributed by atoms with Crippen LogP contribution in [0, 0.1) is 6.92 Å². The van der Waals surface area contributed by atoms with Crippen LogP contribution in [0.1, 0.15) is 25.2 Å². The zero-order valence-electron chi connectivity index (χ0n) is 15.0.